The van der Waals surface area contributed by atoms with E-state index in [1.165, 1.54) is 18.2 Å². The lowest BCUT2D eigenvalue weighted by Crippen LogP contribution is -2.16. The van der Waals surface area contributed by atoms with E-state index in [0.717, 1.165) is 24.8 Å². The van der Waals surface area contributed by atoms with Crippen LogP contribution in [-0.2, 0) is 16.4 Å². The Labute approximate surface area is 200 Å². The van der Waals surface area contributed by atoms with Gasteiger partial charge in [0, 0.05) is 16.3 Å². The molecule has 3 aromatic carbocycles. The molecule has 0 saturated carbocycles. The maximum absolute atomic E-state index is 13.0. The number of halogens is 1. The lowest BCUT2D eigenvalue weighted by Gasteiger charge is -2.14. The number of amides is 1. The van der Waals surface area contributed by atoms with Crippen molar-refractivity contribution in [3.05, 3.63) is 82.9 Å². The summed E-state index contributed by atoms with van der Waals surface area (Å²) in [5.74, 6) is -0.0307. The standard InChI is InChI=1S/C25H27ClN2O4S/c1-3-5-6-18-7-13-21(14-8-18)28-33(30,31)22-15-16-24(32-4-2)23(17-22)27-25(29)19-9-11-20(26)12-10-19/h7-17,28H,3-6H2,1-2H3,(H,27,29). The van der Waals surface area contributed by atoms with Crippen LogP contribution in [0.25, 0.3) is 0 Å². The van der Waals surface area contributed by atoms with Gasteiger partial charge in [-0.2, -0.15) is 0 Å². The topological polar surface area (TPSA) is 84.5 Å². The molecule has 8 heteroatoms. The molecule has 2 N–H and O–H groups in total. The summed E-state index contributed by atoms with van der Waals surface area (Å²) < 4.78 is 34.2. The number of sulfonamides is 1. The van der Waals surface area contributed by atoms with Crippen LogP contribution in [0.4, 0.5) is 11.4 Å². The third-order valence-electron chi connectivity index (χ3n) is 4.94. The molecule has 174 valence electrons. The third-order valence-corrected chi connectivity index (χ3v) is 6.57. The molecule has 0 unspecified atom stereocenters. The maximum atomic E-state index is 13.0. The number of carbonyl (C=O) groups excluding carboxylic acids is 1. The zero-order valence-electron chi connectivity index (χ0n) is 18.6. The Bertz CT molecular complexity index is 1190. The number of aryl methyl sites for hydroxylation is 1. The molecule has 33 heavy (non-hydrogen) atoms. The number of hydrogen-bond acceptors (Lipinski definition) is 4. The van der Waals surface area contributed by atoms with Gasteiger partial charge in [0.15, 0.2) is 0 Å². The summed E-state index contributed by atoms with van der Waals surface area (Å²) >= 11 is 5.89. The Kier molecular flexibility index (Phi) is 8.36. The third kappa shape index (κ3) is 6.73. The highest BCUT2D eigenvalue weighted by Crippen LogP contribution is 2.29. The second-order valence-corrected chi connectivity index (χ2v) is 9.58. The molecule has 0 atom stereocenters. The van der Waals surface area contributed by atoms with Gasteiger partial charge in [0.05, 0.1) is 17.2 Å². The van der Waals surface area contributed by atoms with Crippen molar-refractivity contribution < 1.29 is 17.9 Å². The molecule has 3 aromatic rings. The Balaban J connectivity index is 1.83. The van der Waals surface area contributed by atoms with Crippen molar-refractivity contribution in [2.75, 3.05) is 16.6 Å². The number of unbranched alkanes of at least 4 members (excludes halogenated alkanes) is 1. The van der Waals surface area contributed by atoms with Crippen LogP contribution in [0.15, 0.2) is 71.6 Å². The number of ether oxygens (including phenoxy) is 1. The molecule has 0 radical (unpaired) electrons. The quantitative estimate of drug-likeness (QED) is 0.360. The Morgan fingerprint density at radius 2 is 1.67 bits per heavy atom. The molecule has 0 heterocycles. The molecule has 6 nitrogen and oxygen atoms in total. The van der Waals surface area contributed by atoms with Crippen LogP contribution in [0, 0.1) is 0 Å². The molecule has 0 aliphatic carbocycles. The summed E-state index contributed by atoms with van der Waals surface area (Å²) in [6, 6.07) is 18.1. The Hall–Kier alpha value is -3.03. The normalized spacial score (nSPS) is 11.1. The summed E-state index contributed by atoms with van der Waals surface area (Å²) in [5, 5.41) is 3.25. The molecule has 3 rings (SSSR count). The van der Waals surface area contributed by atoms with Crippen LogP contribution >= 0.6 is 11.6 Å². The van der Waals surface area contributed by atoms with Crippen LogP contribution in [-0.4, -0.2) is 20.9 Å². The van der Waals surface area contributed by atoms with E-state index in [2.05, 4.69) is 17.0 Å². The molecule has 0 aromatic heterocycles. The van der Waals surface area contributed by atoms with E-state index in [0.29, 0.717) is 28.6 Å². The minimum atomic E-state index is -3.88. The zero-order chi connectivity index (χ0) is 23.8. The zero-order valence-corrected chi connectivity index (χ0v) is 20.2. The van der Waals surface area contributed by atoms with Gasteiger partial charge in [-0.25, -0.2) is 8.42 Å². The first kappa shape index (κ1) is 24.6. The average molecular weight is 487 g/mol. The first-order valence-corrected chi connectivity index (χ1v) is 12.6. The van der Waals surface area contributed by atoms with Crippen LogP contribution in [0.2, 0.25) is 5.02 Å². The summed E-state index contributed by atoms with van der Waals surface area (Å²) in [6.45, 7) is 4.30. The van der Waals surface area contributed by atoms with Gasteiger partial charge in [-0.05, 0) is 79.9 Å². The smallest absolute Gasteiger partial charge is 0.261 e. The largest absolute Gasteiger partial charge is 0.492 e. The van der Waals surface area contributed by atoms with Gasteiger partial charge < -0.3 is 10.1 Å². The summed E-state index contributed by atoms with van der Waals surface area (Å²) in [7, 11) is -3.88. The van der Waals surface area contributed by atoms with Crippen molar-refractivity contribution >= 4 is 38.9 Å². The van der Waals surface area contributed by atoms with Crippen molar-refractivity contribution in [1.82, 2.24) is 0 Å². The van der Waals surface area contributed by atoms with E-state index >= 15 is 0 Å². The van der Waals surface area contributed by atoms with Gasteiger partial charge in [0.25, 0.3) is 15.9 Å². The second kappa shape index (κ2) is 11.2. The summed E-state index contributed by atoms with van der Waals surface area (Å²) in [6.07, 6.45) is 3.14. The SMILES string of the molecule is CCCCc1ccc(NS(=O)(=O)c2ccc(OCC)c(NC(=O)c3ccc(Cl)cc3)c2)cc1. The highest BCUT2D eigenvalue weighted by atomic mass is 35.5. The van der Waals surface area contributed by atoms with E-state index in [4.69, 9.17) is 16.3 Å². The van der Waals surface area contributed by atoms with E-state index in [-0.39, 0.29) is 10.6 Å². The van der Waals surface area contributed by atoms with E-state index < -0.39 is 15.9 Å². The Morgan fingerprint density at radius 3 is 2.30 bits per heavy atom. The summed E-state index contributed by atoms with van der Waals surface area (Å²) in [5.41, 5.74) is 2.27. The fourth-order valence-electron chi connectivity index (χ4n) is 3.19. The molecule has 1 amide bonds. The van der Waals surface area contributed by atoms with Crippen molar-refractivity contribution in [3.8, 4) is 5.75 Å². The lowest BCUT2D eigenvalue weighted by molar-refractivity contribution is 0.102. The van der Waals surface area contributed by atoms with Crippen molar-refractivity contribution in [1.29, 1.82) is 0 Å². The van der Waals surface area contributed by atoms with Crippen molar-refractivity contribution in [2.24, 2.45) is 0 Å². The van der Waals surface area contributed by atoms with Gasteiger partial charge in [-0.1, -0.05) is 37.1 Å². The first-order valence-electron chi connectivity index (χ1n) is 10.8. The van der Waals surface area contributed by atoms with Gasteiger partial charge in [-0.15, -0.1) is 0 Å². The molecule has 0 spiro atoms. The average Bonchev–Trinajstić information content (AvgIpc) is 2.80. The van der Waals surface area contributed by atoms with Crippen LogP contribution < -0.4 is 14.8 Å². The molecule has 0 saturated heterocycles. The number of hydrogen-bond donors (Lipinski definition) is 2. The number of nitrogens with one attached hydrogen (secondary N) is 2. The molecule has 0 aliphatic heterocycles. The fourth-order valence-corrected chi connectivity index (χ4v) is 4.40. The highest BCUT2D eigenvalue weighted by molar-refractivity contribution is 7.92. The van der Waals surface area contributed by atoms with Crippen molar-refractivity contribution in [2.45, 2.75) is 38.0 Å². The molecular formula is C25H27ClN2O4S. The predicted octanol–water partition coefficient (Wildman–Crippen LogP) is 6.13. The van der Waals surface area contributed by atoms with E-state index in [1.54, 1.807) is 43.3 Å². The van der Waals surface area contributed by atoms with Crippen LogP contribution in [0.3, 0.4) is 0 Å². The number of benzene rings is 3. The fraction of sp³-hybridized carbons (Fsp3) is 0.240. The molecular weight excluding hydrogens is 460 g/mol. The highest BCUT2D eigenvalue weighted by Gasteiger charge is 2.18. The number of carbonyl (C=O) groups is 1. The molecule has 0 bridgehead atoms. The van der Waals surface area contributed by atoms with Gasteiger partial charge in [0.1, 0.15) is 5.75 Å². The predicted molar refractivity (Wildman–Crippen MR) is 133 cm³/mol. The molecule has 0 aliphatic rings. The summed E-state index contributed by atoms with van der Waals surface area (Å²) in [4.78, 5) is 12.7. The van der Waals surface area contributed by atoms with E-state index in [9.17, 15) is 13.2 Å². The van der Waals surface area contributed by atoms with E-state index in [1.807, 2.05) is 12.1 Å². The van der Waals surface area contributed by atoms with Crippen LogP contribution in [0.5, 0.6) is 5.75 Å². The van der Waals surface area contributed by atoms with Gasteiger partial charge in [0.2, 0.25) is 0 Å². The molecule has 0 fully saturated rings. The lowest BCUT2D eigenvalue weighted by atomic mass is 10.1. The van der Waals surface area contributed by atoms with Crippen molar-refractivity contribution in [3.63, 3.8) is 0 Å². The minimum absolute atomic E-state index is 0.00687. The first-order chi connectivity index (χ1) is 15.8. The minimum Gasteiger partial charge on any atom is -0.492 e. The number of rotatable bonds is 10. The second-order valence-electron chi connectivity index (χ2n) is 7.46. The maximum Gasteiger partial charge on any atom is 0.261 e. The van der Waals surface area contributed by atoms with Crippen LogP contribution in [0.1, 0.15) is 42.6 Å². The monoisotopic (exact) mass is 486 g/mol. The number of anilines is 2. The van der Waals surface area contributed by atoms with Gasteiger partial charge >= 0.3 is 0 Å². The Morgan fingerprint density at radius 1 is 0.970 bits per heavy atom. The van der Waals surface area contributed by atoms with Gasteiger partial charge in [-0.3, -0.25) is 9.52 Å².